The van der Waals surface area contributed by atoms with Crippen LogP contribution in [0.4, 0.5) is 0 Å². The predicted octanol–water partition coefficient (Wildman–Crippen LogP) is 3.88. The second kappa shape index (κ2) is 5.06. The number of rotatable bonds is 1. The van der Waals surface area contributed by atoms with Crippen LogP contribution in [-0.2, 0) is 4.79 Å². The molecule has 17 heavy (non-hydrogen) atoms. The van der Waals surface area contributed by atoms with Crippen molar-refractivity contribution in [2.24, 2.45) is 0 Å². The Morgan fingerprint density at radius 3 is 2.12 bits per heavy atom. The second-order valence-corrected chi connectivity index (χ2v) is 10.7. The molecule has 0 unspecified atom stereocenters. The Labute approximate surface area is 106 Å². The maximum absolute atomic E-state index is 11.6. The van der Waals surface area contributed by atoms with E-state index in [1.165, 1.54) is 11.1 Å². The highest BCUT2D eigenvalue weighted by Gasteiger charge is 2.18. The van der Waals surface area contributed by atoms with Crippen LogP contribution in [0.5, 0.6) is 0 Å². The van der Waals surface area contributed by atoms with Crippen LogP contribution in [0, 0.1) is 11.5 Å². The van der Waals surface area contributed by atoms with Crippen molar-refractivity contribution < 1.29 is 4.79 Å². The Kier molecular flexibility index (Phi) is 4.16. The number of carbonyl (C=O) groups is 1. The molecule has 0 radical (unpaired) electrons. The Bertz CT molecular complexity index is 461. The SMILES string of the molecule is CC(=O)C1=C(C#C[Si](C)(C)C)CC(C)=C(C)C1. The monoisotopic (exact) mass is 246 g/mol. The van der Waals surface area contributed by atoms with Gasteiger partial charge in [-0.05, 0) is 27.2 Å². The highest BCUT2D eigenvalue weighted by Crippen LogP contribution is 2.29. The minimum absolute atomic E-state index is 0.178. The van der Waals surface area contributed by atoms with E-state index in [1.807, 2.05) is 0 Å². The summed E-state index contributed by atoms with van der Waals surface area (Å²) in [4.78, 5) is 11.6. The summed E-state index contributed by atoms with van der Waals surface area (Å²) < 4.78 is 0. The summed E-state index contributed by atoms with van der Waals surface area (Å²) in [6.07, 6.45) is 1.65. The van der Waals surface area contributed by atoms with Gasteiger partial charge in [-0.3, -0.25) is 4.79 Å². The van der Waals surface area contributed by atoms with Crippen LogP contribution in [0.1, 0.15) is 33.6 Å². The molecule has 0 heterocycles. The summed E-state index contributed by atoms with van der Waals surface area (Å²) in [5.74, 6) is 3.46. The number of carbonyl (C=O) groups excluding carboxylic acids is 1. The Hall–Kier alpha value is -1.07. The molecule has 1 aliphatic carbocycles. The van der Waals surface area contributed by atoms with Crippen LogP contribution >= 0.6 is 0 Å². The van der Waals surface area contributed by atoms with Crippen molar-refractivity contribution in [1.82, 2.24) is 0 Å². The Balaban J connectivity index is 3.11. The first kappa shape index (κ1) is 14.0. The van der Waals surface area contributed by atoms with Crippen LogP contribution < -0.4 is 0 Å². The Morgan fingerprint density at radius 1 is 1.12 bits per heavy atom. The van der Waals surface area contributed by atoms with Gasteiger partial charge in [-0.1, -0.05) is 36.7 Å². The summed E-state index contributed by atoms with van der Waals surface area (Å²) in [5.41, 5.74) is 8.05. The fourth-order valence-electron chi connectivity index (χ4n) is 1.77. The standard InChI is InChI=1S/C15H22OSi/c1-11-9-14(7-8-17(4,5)6)15(13(3)16)10-12(11)2/h9-10H2,1-6H3. The maximum Gasteiger partial charge on any atom is 0.157 e. The smallest absolute Gasteiger partial charge is 0.157 e. The van der Waals surface area contributed by atoms with Crippen LogP contribution in [-0.4, -0.2) is 13.9 Å². The molecule has 0 saturated carbocycles. The molecule has 92 valence electrons. The van der Waals surface area contributed by atoms with Crippen LogP contribution in [0.15, 0.2) is 22.3 Å². The van der Waals surface area contributed by atoms with Gasteiger partial charge in [0.15, 0.2) is 5.78 Å². The zero-order valence-corrected chi connectivity index (χ0v) is 12.8. The second-order valence-electron chi connectivity index (χ2n) is 5.93. The molecule has 1 aliphatic rings. The lowest BCUT2D eigenvalue weighted by Crippen LogP contribution is -2.17. The van der Waals surface area contributed by atoms with Crippen LogP contribution in [0.3, 0.4) is 0 Å². The molecule has 0 aliphatic heterocycles. The van der Waals surface area contributed by atoms with Crippen molar-refractivity contribution in [3.8, 4) is 11.5 Å². The first-order valence-corrected chi connectivity index (χ1v) is 9.62. The summed E-state index contributed by atoms with van der Waals surface area (Å²) in [7, 11) is -1.37. The highest BCUT2D eigenvalue weighted by atomic mass is 28.3. The molecule has 1 rings (SSSR count). The molecule has 1 nitrogen and oxygen atoms in total. The zero-order valence-electron chi connectivity index (χ0n) is 11.8. The molecule has 0 amide bonds. The molecular formula is C15H22OSi. The van der Waals surface area contributed by atoms with E-state index in [2.05, 4.69) is 45.0 Å². The van der Waals surface area contributed by atoms with Crippen LogP contribution in [0.25, 0.3) is 0 Å². The summed E-state index contributed by atoms with van der Waals surface area (Å²) >= 11 is 0. The first-order chi connectivity index (χ1) is 7.70. The largest absolute Gasteiger partial charge is 0.295 e. The lowest BCUT2D eigenvalue weighted by molar-refractivity contribution is -0.113. The quantitative estimate of drug-likeness (QED) is 0.390. The summed E-state index contributed by atoms with van der Waals surface area (Å²) in [6.45, 7) is 12.6. The molecule has 0 aromatic rings. The third-order valence-electron chi connectivity index (χ3n) is 2.99. The van der Waals surface area contributed by atoms with E-state index in [-0.39, 0.29) is 5.78 Å². The molecule has 0 fully saturated rings. The summed E-state index contributed by atoms with van der Waals surface area (Å²) in [6, 6.07) is 0. The maximum atomic E-state index is 11.6. The zero-order chi connectivity index (χ0) is 13.2. The van der Waals surface area contributed by atoms with Crippen molar-refractivity contribution in [2.45, 2.75) is 53.3 Å². The van der Waals surface area contributed by atoms with E-state index in [4.69, 9.17) is 0 Å². The molecule has 0 aromatic carbocycles. The number of Topliss-reactive ketones (excluding diaryl/α,β-unsaturated/α-hetero) is 1. The van der Waals surface area contributed by atoms with E-state index in [1.54, 1.807) is 6.92 Å². The van der Waals surface area contributed by atoms with Crippen molar-refractivity contribution in [3.63, 3.8) is 0 Å². The van der Waals surface area contributed by atoms with E-state index < -0.39 is 8.07 Å². The molecular weight excluding hydrogens is 224 g/mol. The molecule has 0 atom stereocenters. The van der Waals surface area contributed by atoms with Gasteiger partial charge in [-0.2, -0.15) is 0 Å². The minimum Gasteiger partial charge on any atom is -0.295 e. The van der Waals surface area contributed by atoms with Gasteiger partial charge in [0.25, 0.3) is 0 Å². The third-order valence-corrected chi connectivity index (χ3v) is 3.87. The number of allylic oxidation sites excluding steroid dienone is 4. The fraction of sp³-hybridized carbons (Fsp3) is 0.533. The van der Waals surface area contributed by atoms with E-state index in [0.717, 1.165) is 24.0 Å². The summed E-state index contributed by atoms with van der Waals surface area (Å²) in [5, 5.41) is 0. The first-order valence-electron chi connectivity index (χ1n) is 6.12. The van der Waals surface area contributed by atoms with E-state index in [9.17, 15) is 4.79 Å². The number of hydrogen-bond donors (Lipinski definition) is 0. The molecule has 0 spiro atoms. The van der Waals surface area contributed by atoms with Gasteiger partial charge in [0.05, 0.1) is 0 Å². The van der Waals surface area contributed by atoms with Crippen molar-refractivity contribution in [1.29, 1.82) is 0 Å². The normalized spacial score (nSPS) is 16.8. The highest BCUT2D eigenvalue weighted by molar-refractivity contribution is 6.83. The van der Waals surface area contributed by atoms with Crippen molar-refractivity contribution >= 4 is 13.9 Å². The number of hydrogen-bond acceptors (Lipinski definition) is 1. The van der Waals surface area contributed by atoms with E-state index in [0.29, 0.717) is 0 Å². The molecule has 0 N–H and O–H groups in total. The van der Waals surface area contributed by atoms with Gasteiger partial charge in [0, 0.05) is 17.6 Å². The van der Waals surface area contributed by atoms with Crippen molar-refractivity contribution in [2.75, 3.05) is 0 Å². The van der Waals surface area contributed by atoms with E-state index >= 15 is 0 Å². The van der Waals surface area contributed by atoms with Gasteiger partial charge >= 0.3 is 0 Å². The molecule has 2 heteroatoms. The third kappa shape index (κ3) is 4.01. The van der Waals surface area contributed by atoms with Crippen LogP contribution in [0.2, 0.25) is 19.6 Å². The average molecular weight is 246 g/mol. The lowest BCUT2D eigenvalue weighted by Gasteiger charge is -2.18. The van der Waals surface area contributed by atoms with Gasteiger partial charge in [0.1, 0.15) is 8.07 Å². The molecule has 0 aromatic heterocycles. The topological polar surface area (TPSA) is 17.1 Å². The van der Waals surface area contributed by atoms with Gasteiger partial charge in [0.2, 0.25) is 0 Å². The fourth-order valence-corrected chi connectivity index (χ4v) is 2.29. The Morgan fingerprint density at radius 2 is 1.65 bits per heavy atom. The average Bonchev–Trinajstić information content (AvgIpc) is 2.17. The van der Waals surface area contributed by atoms with Gasteiger partial charge in [-0.15, -0.1) is 5.54 Å². The predicted molar refractivity (Wildman–Crippen MR) is 76.4 cm³/mol. The van der Waals surface area contributed by atoms with Gasteiger partial charge in [-0.25, -0.2) is 0 Å². The van der Waals surface area contributed by atoms with Gasteiger partial charge < -0.3 is 0 Å². The lowest BCUT2D eigenvalue weighted by atomic mass is 9.86. The minimum atomic E-state index is -1.37. The molecule has 0 bridgehead atoms. The number of ketones is 1. The molecule has 0 saturated heterocycles. The van der Waals surface area contributed by atoms with Crippen molar-refractivity contribution in [3.05, 3.63) is 22.3 Å².